The second kappa shape index (κ2) is 7.39. The lowest BCUT2D eigenvalue weighted by atomic mass is 10.1. The topological polar surface area (TPSA) is 71.5 Å². The molecular formula is C21H23N3O3. The summed E-state index contributed by atoms with van der Waals surface area (Å²) in [5.74, 6) is 0.484. The number of aryl methyl sites for hydroxylation is 1. The van der Waals surface area contributed by atoms with Crippen LogP contribution >= 0.6 is 0 Å². The third-order valence-corrected chi connectivity index (χ3v) is 5.07. The van der Waals surface area contributed by atoms with Crippen LogP contribution in [0, 0.1) is 6.92 Å². The molecule has 1 aliphatic heterocycles. The maximum absolute atomic E-state index is 13.1. The van der Waals surface area contributed by atoms with E-state index in [4.69, 9.17) is 4.74 Å². The van der Waals surface area contributed by atoms with Gasteiger partial charge < -0.3 is 15.0 Å². The zero-order chi connectivity index (χ0) is 18.8. The number of ether oxygens (including phenoxy) is 1. The van der Waals surface area contributed by atoms with Crippen LogP contribution in [0.5, 0.6) is 5.75 Å². The van der Waals surface area contributed by atoms with E-state index >= 15 is 0 Å². The van der Waals surface area contributed by atoms with E-state index in [2.05, 4.69) is 10.3 Å². The number of para-hydroxylation sites is 1. The summed E-state index contributed by atoms with van der Waals surface area (Å²) in [5, 5.41) is 3.03. The summed E-state index contributed by atoms with van der Waals surface area (Å²) in [7, 11) is 0. The van der Waals surface area contributed by atoms with Crippen LogP contribution in [0.15, 0.2) is 48.8 Å². The van der Waals surface area contributed by atoms with Gasteiger partial charge in [0.15, 0.2) is 0 Å². The van der Waals surface area contributed by atoms with Crippen LogP contribution in [-0.4, -0.2) is 46.4 Å². The van der Waals surface area contributed by atoms with E-state index < -0.39 is 6.04 Å². The molecule has 4 rings (SSSR count). The zero-order valence-corrected chi connectivity index (χ0v) is 15.3. The number of hydrogen-bond acceptors (Lipinski definition) is 4. The molecule has 2 amide bonds. The van der Waals surface area contributed by atoms with Crippen molar-refractivity contribution in [3.63, 3.8) is 0 Å². The highest BCUT2D eigenvalue weighted by molar-refractivity contribution is 5.99. The Morgan fingerprint density at radius 2 is 1.96 bits per heavy atom. The molecule has 6 heteroatoms. The number of aromatic nitrogens is 1. The Bertz CT molecular complexity index is 836. The number of nitrogens with one attached hydrogen (secondary N) is 1. The molecule has 0 spiro atoms. The monoisotopic (exact) mass is 365 g/mol. The van der Waals surface area contributed by atoms with Crippen LogP contribution in [0.2, 0.25) is 0 Å². The number of amides is 2. The first-order chi connectivity index (χ1) is 13.1. The molecule has 0 radical (unpaired) electrons. The standard InChI is InChI=1S/C21H23N3O3/c1-14-9-10-22-12-18(14)21(26)24-13-17(27-16-5-3-2-4-6-16)11-19(24)20(25)23-15-7-8-15/h2-6,9-10,12,15,17,19H,7-8,11,13H2,1H3,(H,23,25)/t17-,19-/m0/s1. The molecule has 1 saturated carbocycles. The van der Waals surface area contributed by atoms with Gasteiger partial charge in [0, 0.05) is 24.9 Å². The molecule has 1 aromatic carbocycles. The largest absolute Gasteiger partial charge is 0.488 e. The molecule has 0 bridgehead atoms. The molecule has 6 nitrogen and oxygen atoms in total. The van der Waals surface area contributed by atoms with Gasteiger partial charge in [-0.1, -0.05) is 18.2 Å². The average Bonchev–Trinajstić information content (AvgIpc) is 3.39. The van der Waals surface area contributed by atoms with E-state index in [1.807, 2.05) is 37.3 Å². The van der Waals surface area contributed by atoms with Crippen LogP contribution in [-0.2, 0) is 4.79 Å². The first kappa shape index (κ1) is 17.5. The second-order valence-corrected chi connectivity index (χ2v) is 7.24. The molecular weight excluding hydrogens is 342 g/mol. The predicted molar refractivity (Wildman–Crippen MR) is 100 cm³/mol. The Kier molecular flexibility index (Phi) is 4.79. The van der Waals surface area contributed by atoms with Crippen LogP contribution in [0.4, 0.5) is 0 Å². The first-order valence-corrected chi connectivity index (χ1v) is 9.35. The van der Waals surface area contributed by atoms with Crippen LogP contribution in [0.1, 0.15) is 35.2 Å². The minimum Gasteiger partial charge on any atom is -0.488 e. The second-order valence-electron chi connectivity index (χ2n) is 7.24. The highest BCUT2D eigenvalue weighted by atomic mass is 16.5. The molecule has 1 aromatic heterocycles. The van der Waals surface area contributed by atoms with Gasteiger partial charge in [0.2, 0.25) is 5.91 Å². The molecule has 2 aromatic rings. The van der Waals surface area contributed by atoms with E-state index in [-0.39, 0.29) is 24.0 Å². The fourth-order valence-electron chi connectivity index (χ4n) is 3.41. The quantitative estimate of drug-likeness (QED) is 0.883. The normalized spacial score (nSPS) is 21.7. The number of pyridine rings is 1. The number of likely N-dealkylation sites (tertiary alicyclic amines) is 1. The third-order valence-electron chi connectivity index (χ3n) is 5.07. The lowest BCUT2D eigenvalue weighted by molar-refractivity contribution is -0.125. The lowest BCUT2D eigenvalue weighted by Gasteiger charge is -2.24. The van der Waals surface area contributed by atoms with Crippen molar-refractivity contribution in [3.05, 3.63) is 59.9 Å². The maximum Gasteiger partial charge on any atom is 0.256 e. The van der Waals surface area contributed by atoms with Crippen molar-refractivity contribution in [2.24, 2.45) is 0 Å². The van der Waals surface area contributed by atoms with Crippen molar-refractivity contribution >= 4 is 11.8 Å². The molecule has 2 atom stereocenters. The summed E-state index contributed by atoms with van der Waals surface area (Å²) in [4.78, 5) is 31.6. The summed E-state index contributed by atoms with van der Waals surface area (Å²) < 4.78 is 6.03. The van der Waals surface area contributed by atoms with Gasteiger partial charge in [-0.2, -0.15) is 0 Å². The molecule has 2 heterocycles. The lowest BCUT2D eigenvalue weighted by Crippen LogP contribution is -2.46. The Morgan fingerprint density at radius 3 is 2.67 bits per heavy atom. The van der Waals surface area contributed by atoms with Gasteiger partial charge in [0.25, 0.3) is 5.91 Å². The van der Waals surface area contributed by atoms with Crippen molar-refractivity contribution in [2.75, 3.05) is 6.54 Å². The highest BCUT2D eigenvalue weighted by Crippen LogP contribution is 2.27. The van der Waals surface area contributed by atoms with Gasteiger partial charge in [0.05, 0.1) is 12.1 Å². The number of nitrogens with zero attached hydrogens (tertiary/aromatic N) is 2. The van der Waals surface area contributed by atoms with Crippen molar-refractivity contribution in [2.45, 2.75) is 44.4 Å². The van der Waals surface area contributed by atoms with Crippen LogP contribution in [0.3, 0.4) is 0 Å². The Labute approximate surface area is 158 Å². The Morgan fingerprint density at radius 1 is 1.19 bits per heavy atom. The smallest absolute Gasteiger partial charge is 0.256 e. The number of benzene rings is 1. The summed E-state index contributed by atoms with van der Waals surface area (Å²) >= 11 is 0. The molecule has 1 saturated heterocycles. The average molecular weight is 365 g/mol. The summed E-state index contributed by atoms with van der Waals surface area (Å²) in [6.45, 7) is 2.26. The first-order valence-electron chi connectivity index (χ1n) is 9.35. The zero-order valence-electron chi connectivity index (χ0n) is 15.3. The van der Waals surface area contributed by atoms with Crippen molar-refractivity contribution in [1.82, 2.24) is 15.2 Å². The van der Waals surface area contributed by atoms with Gasteiger partial charge in [-0.3, -0.25) is 14.6 Å². The SMILES string of the molecule is Cc1ccncc1C(=O)N1C[C@@H](Oc2ccccc2)C[C@H]1C(=O)NC1CC1. The fraction of sp³-hybridized carbons (Fsp3) is 0.381. The Hall–Kier alpha value is -2.89. The van der Waals surface area contributed by atoms with Crippen LogP contribution < -0.4 is 10.1 Å². The van der Waals surface area contributed by atoms with E-state index in [1.54, 1.807) is 23.4 Å². The number of rotatable bonds is 5. The minimum absolute atomic E-state index is 0.0912. The van der Waals surface area contributed by atoms with E-state index in [0.29, 0.717) is 18.5 Å². The molecule has 27 heavy (non-hydrogen) atoms. The third kappa shape index (κ3) is 3.94. The predicted octanol–water partition coefficient (Wildman–Crippen LogP) is 2.33. The fourth-order valence-corrected chi connectivity index (χ4v) is 3.41. The van der Waals surface area contributed by atoms with Crippen molar-refractivity contribution in [1.29, 1.82) is 0 Å². The molecule has 2 aliphatic rings. The number of carbonyl (C=O) groups excluding carboxylic acids is 2. The van der Waals surface area contributed by atoms with Crippen molar-refractivity contribution < 1.29 is 14.3 Å². The van der Waals surface area contributed by atoms with Gasteiger partial charge in [-0.15, -0.1) is 0 Å². The van der Waals surface area contributed by atoms with Gasteiger partial charge >= 0.3 is 0 Å². The van der Waals surface area contributed by atoms with Crippen molar-refractivity contribution in [3.8, 4) is 5.75 Å². The van der Waals surface area contributed by atoms with E-state index in [1.165, 1.54) is 0 Å². The highest BCUT2D eigenvalue weighted by Gasteiger charge is 2.42. The Balaban J connectivity index is 1.55. The van der Waals surface area contributed by atoms with E-state index in [9.17, 15) is 9.59 Å². The minimum atomic E-state index is -0.522. The van der Waals surface area contributed by atoms with Gasteiger partial charge in [-0.25, -0.2) is 0 Å². The summed E-state index contributed by atoms with van der Waals surface area (Å²) in [6, 6.07) is 11.0. The van der Waals surface area contributed by atoms with E-state index in [0.717, 1.165) is 24.2 Å². The molecule has 1 aliphatic carbocycles. The van der Waals surface area contributed by atoms with Crippen LogP contribution in [0.25, 0.3) is 0 Å². The number of hydrogen-bond donors (Lipinski definition) is 1. The van der Waals surface area contributed by atoms with Gasteiger partial charge in [0.1, 0.15) is 17.9 Å². The maximum atomic E-state index is 13.1. The summed E-state index contributed by atoms with van der Waals surface area (Å²) in [5.41, 5.74) is 1.38. The molecule has 140 valence electrons. The van der Waals surface area contributed by atoms with Gasteiger partial charge in [-0.05, 0) is 43.5 Å². The molecule has 2 fully saturated rings. The summed E-state index contributed by atoms with van der Waals surface area (Å²) in [6.07, 6.45) is 5.52. The number of carbonyl (C=O) groups is 2. The molecule has 1 N–H and O–H groups in total. The molecule has 0 unspecified atom stereocenters.